The van der Waals surface area contributed by atoms with E-state index < -0.39 is 29.7 Å². The van der Waals surface area contributed by atoms with Gasteiger partial charge in [0.1, 0.15) is 23.4 Å². The predicted octanol–water partition coefficient (Wildman–Crippen LogP) is 7.38. The molecular formula is C32H46ClN3O5. The Morgan fingerprint density at radius 2 is 1.68 bits per heavy atom. The molecule has 0 radical (unpaired) electrons. The lowest BCUT2D eigenvalue weighted by Crippen LogP contribution is -2.53. The molecule has 3 amide bonds. The molecule has 0 saturated carbocycles. The van der Waals surface area contributed by atoms with Gasteiger partial charge in [0, 0.05) is 6.54 Å². The van der Waals surface area contributed by atoms with Crippen molar-refractivity contribution in [1.29, 1.82) is 0 Å². The van der Waals surface area contributed by atoms with Gasteiger partial charge in [0.05, 0.1) is 10.7 Å². The highest BCUT2D eigenvalue weighted by atomic mass is 35.5. The van der Waals surface area contributed by atoms with Gasteiger partial charge in [-0.1, -0.05) is 75.9 Å². The van der Waals surface area contributed by atoms with Gasteiger partial charge in [-0.25, -0.2) is 4.79 Å². The molecule has 41 heavy (non-hydrogen) atoms. The normalized spacial score (nSPS) is 12.9. The number of nitrogens with one attached hydrogen (secondary N) is 2. The molecule has 2 aromatic rings. The molecule has 0 fully saturated rings. The van der Waals surface area contributed by atoms with Crippen LogP contribution >= 0.6 is 11.6 Å². The van der Waals surface area contributed by atoms with Crippen molar-refractivity contribution in [3.63, 3.8) is 0 Å². The van der Waals surface area contributed by atoms with Crippen LogP contribution in [0.4, 0.5) is 10.5 Å². The third-order valence-corrected chi connectivity index (χ3v) is 6.79. The average molecular weight is 588 g/mol. The largest absolute Gasteiger partial charge is 0.508 e. The number of hydrogen-bond acceptors (Lipinski definition) is 5. The van der Waals surface area contributed by atoms with Crippen molar-refractivity contribution < 1.29 is 24.2 Å². The summed E-state index contributed by atoms with van der Waals surface area (Å²) in [5.41, 5.74) is 1.03. The van der Waals surface area contributed by atoms with Crippen molar-refractivity contribution in [2.75, 3.05) is 11.9 Å². The number of nitrogens with zero attached hydrogens (tertiary/aromatic N) is 1. The first-order chi connectivity index (χ1) is 19.2. The van der Waals surface area contributed by atoms with Crippen LogP contribution in [0.1, 0.15) is 90.8 Å². The Bertz CT molecular complexity index is 1140. The van der Waals surface area contributed by atoms with Gasteiger partial charge in [-0.15, -0.1) is 0 Å². The lowest BCUT2D eigenvalue weighted by atomic mass is 9.98. The van der Waals surface area contributed by atoms with Gasteiger partial charge in [-0.05, 0) is 75.8 Å². The Kier molecular flexibility index (Phi) is 13.0. The highest BCUT2D eigenvalue weighted by molar-refractivity contribution is 6.34. The van der Waals surface area contributed by atoms with Gasteiger partial charge in [0.15, 0.2) is 0 Å². The number of phenols is 1. The van der Waals surface area contributed by atoms with Gasteiger partial charge in [0.25, 0.3) is 5.91 Å². The van der Waals surface area contributed by atoms with Gasteiger partial charge in [-0.2, -0.15) is 0 Å². The smallest absolute Gasteiger partial charge is 0.408 e. The van der Waals surface area contributed by atoms with Crippen molar-refractivity contribution in [3.05, 3.63) is 58.6 Å². The molecule has 8 nitrogen and oxygen atoms in total. The number of hydrogen-bond donors (Lipinski definition) is 3. The molecule has 0 bridgehead atoms. The summed E-state index contributed by atoms with van der Waals surface area (Å²) in [6, 6.07) is 9.61. The summed E-state index contributed by atoms with van der Waals surface area (Å²) >= 11 is 6.43. The number of unbranched alkanes of at least 4 members (excludes halogenated alkanes) is 3. The molecular weight excluding hydrogens is 542 g/mol. The number of rotatable bonds is 13. The van der Waals surface area contributed by atoms with E-state index in [1.165, 1.54) is 17.0 Å². The molecule has 0 aliphatic rings. The summed E-state index contributed by atoms with van der Waals surface area (Å²) in [4.78, 5) is 42.7. The maximum absolute atomic E-state index is 14.3. The Balaban J connectivity index is 2.57. The first-order valence-corrected chi connectivity index (χ1v) is 14.8. The van der Waals surface area contributed by atoms with E-state index in [-0.39, 0.29) is 17.6 Å². The van der Waals surface area contributed by atoms with Gasteiger partial charge >= 0.3 is 6.09 Å². The SMILES string of the molecule is CCCCCCN(C(=O)C(CC(C)C)NC(=O)OC(C)(C)C)C(C(=O)Nc1c(C)cccc1Cl)c1ccc(O)cc1. The summed E-state index contributed by atoms with van der Waals surface area (Å²) < 4.78 is 5.46. The maximum Gasteiger partial charge on any atom is 0.408 e. The number of aromatic hydroxyl groups is 1. The minimum Gasteiger partial charge on any atom is -0.508 e. The number of halogens is 1. The number of anilines is 1. The Labute approximate surface area is 249 Å². The number of benzene rings is 2. The molecule has 0 aliphatic heterocycles. The first kappa shape index (κ1) is 33.9. The Morgan fingerprint density at radius 1 is 1.02 bits per heavy atom. The number of para-hydroxylation sites is 1. The summed E-state index contributed by atoms with van der Waals surface area (Å²) in [5, 5.41) is 16.0. The van der Waals surface area contributed by atoms with Gasteiger partial charge in [0.2, 0.25) is 5.91 Å². The summed E-state index contributed by atoms with van der Waals surface area (Å²) in [6.45, 7) is 13.4. The number of ether oxygens (including phenoxy) is 1. The van der Waals surface area contributed by atoms with E-state index in [0.29, 0.717) is 35.7 Å². The zero-order chi connectivity index (χ0) is 30.7. The number of aryl methyl sites for hydroxylation is 1. The van der Waals surface area contributed by atoms with Crippen LogP contribution in [0.3, 0.4) is 0 Å². The van der Waals surface area contributed by atoms with Gasteiger partial charge < -0.3 is 25.4 Å². The monoisotopic (exact) mass is 587 g/mol. The maximum atomic E-state index is 14.3. The lowest BCUT2D eigenvalue weighted by Gasteiger charge is -2.35. The van der Waals surface area contributed by atoms with Crippen molar-refractivity contribution >= 4 is 35.2 Å². The number of carbonyl (C=O) groups excluding carboxylic acids is 3. The van der Waals surface area contributed by atoms with Crippen LogP contribution in [0, 0.1) is 12.8 Å². The molecule has 2 rings (SSSR count). The van der Waals surface area contributed by atoms with Crippen molar-refractivity contribution in [3.8, 4) is 5.75 Å². The van der Waals surface area contributed by atoms with Crippen molar-refractivity contribution in [1.82, 2.24) is 10.2 Å². The summed E-state index contributed by atoms with van der Waals surface area (Å²) in [6.07, 6.45) is 3.21. The lowest BCUT2D eigenvalue weighted by molar-refractivity contribution is -0.141. The second kappa shape index (κ2) is 15.7. The highest BCUT2D eigenvalue weighted by Crippen LogP contribution is 2.30. The third-order valence-electron chi connectivity index (χ3n) is 6.47. The van der Waals surface area contributed by atoms with Crippen LogP contribution in [-0.2, 0) is 14.3 Å². The molecule has 0 aliphatic carbocycles. The number of carbonyl (C=O) groups is 3. The molecule has 2 aromatic carbocycles. The second-order valence-corrected chi connectivity index (χ2v) is 12.2. The molecule has 226 valence electrons. The van der Waals surface area contributed by atoms with E-state index in [9.17, 15) is 19.5 Å². The fourth-order valence-corrected chi connectivity index (χ4v) is 4.80. The minimum atomic E-state index is -1.05. The van der Waals surface area contributed by atoms with Crippen LogP contribution in [0.2, 0.25) is 5.02 Å². The fraction of sp³-hybridized carbons (Fsp3) is 0.531. The molecule has 0 aromatic heterocycles. The Morgan fingerprint density at radius 3 is 2.24 bits per heavy atom. The predicted molar refractivity (Wildman–Crippen MR) is 164 cm³/mol. The zero-order valence-corrected chi connectivity index (χ0v) is 26.2. The fourth-order valence-electron chi connectivity index (χ4n) is 4.53. The second-order valence-electron chi connectivity index (χ2n) is 11.8. The molecule has 9 heteroatoms. The first-order valence-electron chi connectivity index (χ1n) is 14.4. The van der Waals surface area contributed by atoms with Crippen LogP contribution < -0.4 is 10.6 Å². The van der Waals surface area contributed by atoms with Crippen LogP contribution in [0.15, 0.2) is 42.5 Å². The molecule has 0 spiro atoms. The standard InChI is InChI=1S/C32H46ClN3O5/c1-8-9-10-11-19-36(30(39)26(20-21(2)3)34-31(40)41-32(5,6)7)28(23-15-17-24(37)18-16-23)29(38)35-27-22(4)13-12-14-25(27)33/h12-18,21,26,28,37H,8-11,19-20H2,1-7H3,(H,34,40)(H,35,38). The number of alkyl carbamates (subject to hydrolysis) is 1. The van der Waals surface area contributed by atoms with Crippen LogP contribution in [0.5, 0.6) is 5.75 Å². The number of amides is 3. The van der Waals surface area contributed by atoms with Crippen LogP contribution in [0.25, 0.3) is 0 Å². The quantitative estimate of drug-likeness (QED) is 0.212. The zero-order valence-electron chi connectivity index (χ0n) is 25.4. The molecule has 2 atom stereocenters. The molecule has 2 unspecified atom stereocenters. The van der Waals surface area contributed by atoms with E-state index in [0.717, 1.165) is 24.8 Å². The summed E-state index contributed by atoms with van der Waals surface area (Å²) in [5.74, 6) is -0.714. The highest BCUT2D eigenvalue weighted by Gasteiger charge is 2.36. The van der Waals surface area contributed by atoms with E-state index >= 15 is 0 Å². The topological polar surface area (TPSA) is 108 Å². The van der Waals surface area contributed by atoms with E-state index in [1.807, 2.05) is 26.8 Å². The molecule has 0 saturated heterocycles. The molecule has 3 N–H and O–H groups in total. The van der Waals surface area contributed by atoms with Gasteiger partial charge in [-0.3, -0.25) is 9.59 Å². The minimum absolute atomic E-state index is 0.0416. The Hall–Kier alpha value is -3.26. The van der Waals surface area contributed by atoms with Crippen LogP contribution in [-0.4, -0.2) is 46.1 Å². The third kappa shape index (κ3) is 10.9. The molecule has 0 heterocycles. The van der Waals surface area contributed by atoms with E-state index in [1.54, 1.807) is 45.0 Å². The summed E-state index contributed by atoms with van der Waals surface area (Å²) in [7, 11) is 0. The van der Waals surface area contributed by atoms with E-state index in [2.05, 4.69) is 17.6 Å². The van der Waals surface area contributed by atoms with E-state index in [4.69, 9.17) is 16.3 Å². The van der Waals surface area contributed by atoms with Crippen molar-refractivity contribution in [2.45, 2.75) is 98.3 Å². The average Bonchev–Trinajstić information content (AvgIpc) is 2.86. The van der Waals surface area contributed by atoms with Crippen molar-refractivity contribution in [2.24, 2.45) is 5.92 Å². The number of phenolic OH excluding ortho intramolecular Hbond substituents is 1.